The third-order valence-corrected chi connectivity index (χ3v) is 5.65. The second kappa shape index (κ2) is 8.20. The van der Waals surface area contributed by atoms with Gasteiger partial charge in [-0.15, -0.1) is 0 Å². The highest BCUT2D eigenvalue weighted by molar-refractivity contribution is 5.99. The minimum atomic E-state index is -0.0446. The van der Waals surface area contributed by atoms with E-state index in [9.17, 15) is 4.79 Å². The van der Waals surface area contributed by atoms with E-state index in [0.717, 1.165) is 25.1 Å². The summed E-state index contributed by atoms with van der Waals surface area (Å²) in [5, 5.41) is 0. The molecule has 0 atom stereocenters. The molecule has 0 bridgehead atoms. The lowest BCUT2D eigenvalue weighted by Gasteiger charge is -2.30. The van der Waals surface area contributed by atoms with E-state index in [4.69, 9.17) is 9.72 Å². The molecule has 7 nitrogen and oxygen atoms in total. The molecule has 3 aromatic rings. The lowest BCUT2D eigenvalue weighted by molar-refractivity contribution is 0.0734. The summed E-state index contributed by atoms with van der Waals surface area (Å²) in [6, 6.07) is 12.1. The standard InChI is InChI=1S/C23H23N5O2/c29-22(28-9-7-17-4-1-2-5-19(17)16-28)20-15-25-23(27-10-12-30-13-11-27)26-21(20)18-6-3-8-24-14-18/h1-6,8,14-15H,7,9-13,16H2. The maximum Gasteiger partial charge on any atom is 0.257 e. The number of fused-ring (bicyclic) bond motifs is 1. The number of aromatic nitrogens is 3. The van der Waals surface area contributed by atoms with Crippen molar-refractivity contribution in [3.8, 4) is 11.3 Å². The molecule has 5 rings (SSSR count). The third-order valence-electron chi connectivity index (χ3n) is 5.65. The fourth-order valence-electron chi connectivity index (χ4n) is 4.01. The fraction of sp³-hybridized carbons (Fsp3) is 0.304. The predicted molar refractivity (Wildman–Crippen MR) is 113 cm³/mol. The van der Waals surface area contributed by atoms with Crippen LogP contribution in [0.15, 0.2) is 55.0 Å². The van der Waals surface area contributed by atoms with E-state index in [1.807, 2.05) is 23.1 Å². The van der Waals surface area contributed by atoms with Crippen molar-refractivity contribution in [1.82, 2.24) is 19.9 Å². The number of morpholine rings is 1. The van der Waals surface area contributed by atoms with Gasteiger partial charge in [-0.05, 0) is 29.7 Å². The molecule has 1 amide bonds. The first-order valence-electron chi connectivity index (χ1n) is 10.3. The molecule has 1 fully saturated rings. The van der Waals surface area contributed by atoms with Gasteiger partial charge in [-0.3, -0.25) is 9.78 Å². The van der Waals surface area contributed by atoms with Crippen molar-refractivity contribution >= 4 is 11.9 Å². The van der Waals surface area contributed by atoms with Crippen LogP contribution in [-0.4, -0.2) is 58.6 Å². The average molecular weight is 401 g/mol. The minimum absolute atomic E-state index is 0.0446. The van der Waals surface area contributed by atoms with Gasteiger partial charge in [0.1, 0.15) is 0 Å². The zero-order valence-electron chi connectivity index (χ0n) is 16.7. The van der Waals surface area contributed by atoms with Crippen LogP contribution in [0.3, 0.4) is 0 Å². The highest BCUT2D eigenvalue weighted by Crippen LogP contribution is 2.27. The Morgan fingerprint density at radius 3 is 2.60 bits per heavy atom. The molecule has 1 aromatic carbocycles. The van der Waals surface area contributed by atoms with Crippen LogP contribution in [0.25, 0.3) is 11.3 Å². The number of amides is 1. The molecule has 2 aliphatic rings. The van der Waals surface area contributed by atoms with E-state index in [0.29, 0.717) is 43.5 Å². The number of nitrogens with zero attached hydrogens (tertiary/aromatic N) is 5. The molecule has 2 aliphatic heterocycles. The molecule has 0 spiro atoms. The number of hydrogen-bond donors (Lipinski definition) is 0. The monoisotopic (exact) mass is 401 g/mol. The van der Waals surface area contributed by atoms with E-state index in [1.165, 1.54) is 11.1 Å². The van der Waals surface area contributed by atoms with Crippen molar-refractivity contribution in [3.05, 3.63) is 71.7 Å². The quantitative estimate of drug-likeness (QED) is 0.672. The van der Waals surface area contributed by atoms with Gasteiger partial charge in [0.05, 0.1) is 24.5 Å². The van der Waals surface area contributed by atoms with Crippen LogP contribution in [0, 0.1) is 0 Å². The van der Waals surface area contributed by atoms with Gasteiger partial charge in [0.15, 0.2) is 0 Å². The van der Waals surface area contributed by atoms with Crippen molar-refractivity contribution in [2.45, 2.75) is 13.0 Å². The molecule has 1 saturated heterocycles. The molecule has 0 saturated carbocycles. The van der Waals surface area contributed by atoms with Gasteiger partial charge in [-0.2, -0.15) is 0 Å². The van der Waals surface area contributed by atoms with E-state index >= 15 is 0 Å². The summed E-state index contributed by atoms with van der Waals surface area (Å²) in [5.74, 6) is 0.578. The van der Waals surface area contributed by atoms with Crippen molar-refractivity contribution in [1.29, 1.82) is 0 Å². The van der Waals surface area contributed by atoms with Gasteiger partial charge < -0.3 is 14.5 Å². The maximum absolute atomic E-state index is 13.5. The molecule has 30 heavy (non-hydrogen) atoms. The first-order chi connectivity index (χ1) is 14.8. The molecule has 152 valence electrons. The second-order valence-corrected chi connectivity index (χ2v) is 7.52. The Balaban J connectivity index is 1.50. The van der Waals surface area contributed by atoms with Crippen molar-refractivity contribution in [2.24, 2.45) is 0 Å². The molecular weight excluding hydrogens is 378 g/mol. The highest BCUT2D eigenvalue weighted by Gasteiger charge is 2.26. The third kappa shape index (κ3) is 3.64. The van der Waals surface area contributed by atoms with Crippen LogP contribution < -0.4 is 4.90 Å². The Labute approximate surface area is 175 Å². The summed E-state index contributed by atoms with van der Waals surface area (Å²) in [6.07, 6.45) is 5.99. The maximum atomic E-state index is 13.5. The molecular formula is C23H23N5O2. The molecule has 0 unspecified atom stereocenters. The van der Waals surface area contributed by atoms with Gasteiger partial charge in [0, 0.05) is 50.3 Å². The Morgan fingerprint density at radius 1 is 0.967 bits per heavy atom. The normalized spacial score (nSPS) is 16.3. The van der Waals surface area contributed by atoms with Crippen molar-refractivity contribution < 1.29 is 9.53 Å². The highest BCUT2D eigenvalue weighted by atomic mass is 16.5. The summed E-state index contributed by atoms with van der Waals surface area (Å²) in [5.41, 5.74) is 4.47. The molecule has 7 heteroatoms. The van der Waals surface area contributed by atoms with E-state index < -0.39 is 0 Å². The van der Waals surface area contributed by atoms with Crippen molar-refractivity contribution in [2.75, 3.05) is 37.7 Å². The SMILES string of the molecule is O=C(c1cnc(N2CCOCC2)nc1-c1cccnc1)N1CCc2ccccc2C1. The average Bonchev–Trinajstić information content (AvgIpc) is 2.84. The fourth-order valence-corrected chi connectivity index (χ4v) is 4.01. The minimum Gasteiger partial charge on any atom is -0.378 e. The van der Waals surface area contributed by atoms with E-state index in [-0.39, 0.29) is 5.91 Å². The van der Waals surface area contributed by atoms with Gasteiger partial charge in [0.25, 0.3) is 5.91 Å². The number of benzene rings is 1. The van der Waals surface area contributed by atoms with Gasteiger partial charge in [0.2, 0.25) is 5.95 Å². The van der Waals surface area contributed by atoms with E-state index in [2.05, 4.69) is 33.1 Å². The molecule has 2 aromatic heterocycles. The lowest BCUT2D eigenvalue weighted by atomic mass is 9.99. The van der Waals surface area contributed by atoms with Crippen LogP contribution in [-0.2, 0) is 17.7 Å². The molecule has 0 N–H and O–H groups in total. The number of anilines is 1. The Kier molecular flexibility index (Phi) is 5.11. The molecule has 0 aliphatic carbocycles. The number of carbonyl (C=O) groups excluding carboxylic acids is 1. The first kappa shape index (κ1) is 18.7. The van der Waals surface area contributed by atoms with Gasteiger partial charge in [-0.25, -0.2) is 9.97 Å². The topological polar surface area (TPSA) is 71.5 Å². The smallest absolute Gasteiger partial charge is 0.257 e. The zero-order valence-corrected chi connectivity index (χ0v) is 16.7. The van der Waals surface area contributed by atoms with Crippen LogP contribution in [0.1, 0.15) is 21.5 Å². The second-order valence-electron chi connectivity index (χ2n) is 7.52. The number of rotatable bonds is 3. The first-order valence-corrected chi connectivity index (χ1v) is 10.3. The summed E-state index contributed by atoms with van der Waals surface area (Å²) < 4.78 is 5.44. The summed E-state index contributed by atoms with van der Waals surface area (Å²) in [4.78, 5) is 31.0. The summed E-state index contributed by atoms with van der Waals surface area (Å²) >= 11 is 0. The van der Waals surface area contributed by atoms with Crippen LogP contribution >= 0.6 is 0 Å². The number of ether oxygens (including phenoxy) is 1. The predicted octanol–water partition coefficient (Wildman–Crippen LogP) is 2.57. The van der Waals surface area contributed by atoms with E-state index in [1.54, 1.807) is 18.6 Å². The summed E-state index contributed by atoms with van der Waals surface area (Å²) in [6.45, 7) is 4.07. The summed E-state index contributed by atoms with van der Waals surface area (Å²) in [7, 11) is 0. The van der Waals surface area contributed by atoms with Gasteiger partial charge >= 0.3 is 0 Å². The number of carbonyl (C=O) groups is 1. The number of hydrogen-bond acceptors (Lipinski definition) is 6. The largest absolute Gasteiger partial charge is 0.378 e. The van der Waals surface area contributed by atoms with Gasteiger partial charge in [-0.1, -0.05) is 24.3 Å². The van der Waals surface area contributed by atoms with Crippen LogP contribution in [0.5, 0.6) is 0 Å². The van der Waals surface area contributed by atoms with Crippen molar-refractivity contribution in [3.63, 3.8) is 0 Å². The zero-order chi connectivity index (χ0) is 20.3. The molecule has 0 radical (unpaired) electrons. The number of pyridine rings is 1. The molecule has 4 heterocycles. The lowest BCUT2D eigenvalue weighted by Crippen LogP contribution is -2.38. The Bertz CT molecular complexity index is 1050. The van der Waals surface area contributed by atoms with Crippen LogP contribution in [0.2, 0.25) is 0 Å². The van der Waals surface area contributed by atoms with Crippen LogP contribution in [0.4, 0.5) is 5.95 Å². The Morgan fingerprint density at radius 2 is 1.80 bits per heavy atom. The Hall–Kier alpha value is -3.32.